The van der Waals surface area contributed by atoms with Gasteiger partial charge in [0.2, 0.25) is 0 Å². The van der Waals surface area contributed by atoms with Gasteiger partial charge in [-0.25, -0.2) is 0 Å². The lowest BCUT2D eigenvalue weighted by Gasteiger charge is -2.11. The Morgan fingerprint density at radius 2 is 2.38 bits per heavy atom. The number of aryl methyl sites for hydroxylation is 1. The highest BCUT2D eigenvalue weighted by molar-refractivity contribution is 5.10. The number of ether oxygens (including phenoxy) is 1. The maximum atomic E-state index is 5.37. The van der Waals surface area contributed by atoms with E-state index >= 15 is 0 Å². The van der Waals surface area contributed by atoms with Gasteiger partial charge >= 0.3 is 0 Å². The largest absolute Gasteiger partial charge is 0.381 e. The van der Waals surface area contributed by atoms with Crippen molar-refractivity contribution in [3.8, 4) is 0 Å². The van der Waals surface area contributed by atoms with Crippen molar-refractivity contribution in [1.82, 2.24) is 9.88 Å². The lowest BCUT2D eigenvalue weighted by molar-refractivity contribution is 0.107. The fraction of sp³-hybridized carbons (Fsp3) is 0.692. The zero-order valence-corrected chi connectivity index (χ0v) is 10.3. The van der Waals surface area contributed by atoms with E-state index in [1.165, 1.54) is 18.4 Å². The number of methoxy groups -OCH3 is 1. The van der Waals surface area contributed by atoms with E-state index in [4.69, 9.17) is 4.74 Å². The first-order valence-corrected chi connectivity index (χ1v) is 6.22. The van der Waals surface area contributed by atoms with Crippen LogP contribution >= 0.6 is 0 Å². The Morgan fingerprint density at radius 3 is 3.00 bits per heavy atom. The Labute approximate surface area is 97.8 Å². The molecular weight excluding hydrogens is 200 g/mol. The molecule has 0 saturated heterocycles. The number of nitrogens with one attached hydrogen (secondary N) is 1. The van der Waals surface area contributed by atoms with Gasteiger partial charge in [-0.3, -0.25) is 0 Å². The maximum absolute atomic E-state index is 5.37. The molecule has 1 N–H and O–H groups in total. The van der Waals surface area contributed by atoms with E-state index < -0.39 is 0 Å². The lowest BCUT2D eigenvalue weighted by atomic mass is 10.2. The van der Waals surface area contributed by atoms with Gasteiger partial charge in [0.15, 0.2) is 0 Å². The topological polar surface area (TPSA) is 26.2 Å². The molecule has 0 amide bonds. The highest BCUT2D eigenvalue weighted by Crippen LogP contribution is 2.21. The van der Waals surface area contributed by atoms with Gasteiger partial charge in [-0.05, 0) is 37.8 Å². The molecule has 0 radical (unpaired) electrons. The fourth-order valence-electron chi connectivity index (χ4n) is 2.39. The molecule has 1 saturated carbocycles. The normalized spacial score (nSPS) is 25.1. The monoisotopic (exact) mass is 222 g/mol. The maximum Gasteiger partial charge on any atom is 0.0586 e. The minimum Gasteiger partial charge on any atom is -0.381 e. The zero-order valence-electron chi connectivity index (χ0n) is 10.3. The standard InChI is InChI=1S/C13H22N2O/c1-3-15-7-6-11(10-15)9-14-12-4-5-13(8-12)16-2/h6-7,10,12-14H,3-5,8-9H2,1-2H3. The minimum absolute atomic E-state index is 0.470. The summed E-state index contributed by atoms with van der Waals surface area (Å²) < 4.78 is 7.58. The van der Waals surface area contributed by atoms with Gasteiger partial charge in [-0.15, -0.1) is 0 Å². The first-order valence-electron chi connectivity index (χ1n) is 6.22. The Balaban J connectivity index is 1.75. The van der Waals surface area contributed by atoms with Crippen molar-refractivity contribution >= 4 is 0 Å². The van der Waals surface area contributed by atoms with E-state index in [2.05, 4.69) is 35.3 Å². The second-order valence-corrected chi connectivity index (χ2v) is 4.60. The summed E-state index contributed by atoms with van der Waals surface area (Å²) in [5.41, 5.74) is 1.38. The summed E-state index contributed by atoms with van der Waals surface area (Å²) in [5, 5.41) is 3.61. The lowest BCUT2D eigenvalue weighted by Crippen LogP contribution is -2.26. The molecule has 2 rings (SSSR count). The van der Waals surface area contributed by atoms with E-state index in [1.54, 1.807) is 0 Å². The van der Waals surface area contributed by atoms with Gasteiger partial charge in [0.05, 0.1) is 6.10 Å². The molecule has 1 heterocycles. The molecule has 0 spiro atoms. The summed E-state index contributed by atoms with van der Waals surface area (Å²) in [4.78, 5) is 0. The van der Waals surface area contributed by atoms with Crippen molar-refractivity contribution in [3.63, 3.8) is 0 Å². The van der Waals surface area contributed by atoms with Crippen molar-refractivity contribution in [2.45, 2.75) is 51.4 Å². The van der Waals surface area contributed by atoms with Crippen molar-refractivity contribution in [2.75, 3.05) is 7.11 Å². The van der Waals surface area contributed by atoms with E-state index in [0.717, 1.165) is 19.5 Å². The molecule has 1 aliphatic carbocycles. The zero-order chi connectivity index (χ0) is 11.4. The van der Waals surface area contributed by atoms with Crippen molar-refractivity contribution in [3.05, 3.63) is 24.0 Å². The first kappa shape index (κ1) is 11.7. The van der Waals surface area contributed by atoms with Gasteiger partial charge in [0, 0.05) is 38.6 Å². The second kappa shape index (κ2) is 5.51. The van der Waals surface area contributed by atoms with Gasteiger partial charge in [0.1, 0.15) is 0 Å². The van der Waals surface area contributed by atoms with Gasteiger partial charge in [-0.1, -0.05) is 0 Å². The molecule has 2 unspecified atom stereocenters. The average molecular weight is 222 g/mol. The molecule has 1 fully saturated rings. The van der Waals surface area contributed by atoms with Crippen LogP contribution in [0.3, 0.4) is 0 Å². The number of nitrogens with zero attached hydrogens (tertiary/aromatic N) is 1. The molecule has 1 aromatic heterocycles. The van der Waals surface area contributed by atoms with Crippen LogP contribution in [0.15, 0.2) is 18.5 Å². The van der Waals surface area contributed by atoms with Gasteiger partial charge in [-0.2, -0.15) is 0 Å². The fourth-order valence-corrected chi connectivity index (χ4v) is 2.39. The quantitative estimate of drug-likeness (QED) is 0.826. The molecule has 0 aliphatic heterocycles. The van der Waals surface area contributed by atoms with Crippen LogP contribution in [0.2, 0.25) is 0 Å². The molecule has 2 atom stereocenters. The summed E-state index contributed by atoms with van der Waals surface area (Å²) in [7, 11) is 1.81. The van der Waals surface area contributed by atoms with Crippen LogP contribution in [-0.2, 0) is 17.8 Å². The summed E-state index contributed by atoms with van der Waals surface area (Å²) in [6.45, 7) is 4.20. The highest BCUT2D eigenvalue weighted by atomic mass is 16.5. The highest BCUT2D eigenvalue weighted by Gasteiger charge is 2.23. The Bertz CT molecular complexity index is 321. The number of hydrogen-bond acceptors (Lipinski definition) is 2. The van der Waals surface area contributed by atoms with Crippen LogP contribution in [0.25, 0.3) is 0 Å². The summed E-state index contributed by atoms with van der Waals surface area (Å²) in [6, 6.07) is 2.83. The Morgan fingerprint density at radius 1 is 1.50 bits per heavy atom. The third-order valence-electron chi connectivity index (χ3n) is 3.49. The van der Waals surface area contributed by atoms with Crippen LogP contribution in [-0.4, -0.2) is 23.8 Å². The molecule has 90 valence electrons. The van der Waals surface area contributed by atoms with E-state index in [9.17, 15) is 0 Å². The summed E-state index contributed by atoms with van der Waals surface area (Å²) >= 11 is 0. The molecular formula is C13H22N2O. The molecule has 3 heteroatoms. The van der Waals surface area contributed by atoms with Crippen LogP contribution < -0.4 is 5.32 Å². The van der Waals surface area contributed by atoms with Crippen LogP contribution in [0, 0.1) is 0 Å². The molecule has 16 heavy (non-hydrogen) atoms. The van der Waals surface area contributed by atoms with Crippen LogP contribution in [0.5, 0.6) is 0 Å². The SMILES string of the molecule is CCn1ccc(CNC2CCC(OC)C2)c1. The van der Waals surface area contributed by atoms with Crippen LogP contribution in [0.4, 0.5) is 0 Å². The smallest absolute Gasteiger partial charge is 0.0586 e. The van der Waals surface area contributed by atoms with Crippen molar-refractivity contribution in [2.24, 2.45) is 0 Å². The van der Waals surface area contributed by atoms with Crippen LogP contribution in [0.1, 0.15) is 31.7 Å². The van der Waals surface area contributed by atoms with Gasteiger partial charge in [0.25, 0.3) is 0 Å². The number of hydrogen-bond donors (Lipinski definition) is 1. The van der Waals surface area contributed by atoms with E-state index in [-0.39, 0.29) is 0 Å². The third kappa shape index (κ3) is 2.86. The van der Waals surface area contributed by atoms with E-state index in [1.807, 2.05) is 7.11 Å². The number of aromatic nitrogens is 1. The predicted molar refractivity (Wildman–Crippen MR) is 65.4 cm³/mol. The Kier molecular flexibility index (Phi) is 4.02. The number of rotatable bonds is 5. The van der Waals surface area contributed by atoms with Gasteiger partial charge < -0.3 is 14.6 Å². The molecule has 1 aromatic rings. The Hall–Kier alpha value is -0.800. The summed E-state index contributed by atoms with van der Waals surface area (Å²) in [5.74, 6) is 0. The predicted octanol–water partition coefficient (Wildman–Crippen LogP) is 2.17. The molecule has 0 bridgehead atoms. The molecule has 3 nitrogen and oxygen atoms in total. The van der Waals surface area contributed by atoms with E-state index in [0.29, 0.717) is 12.1 Å². The minimum atomic E-state index is 0.470. The second-order valence-electron chi connectivity index (χ2n) is 4.60. The average Bonchev–Trinajstić information content (AvgIpc) is 2.95. The van der Waals surface area contributed by atoms with Crippen molar-refractivity contribution < 1.29 is 4.74 Å². The van der Waals surface area contributed by atoms with Crippen molar-refractivity contribution in [1.29, 1.82) is 0 Å². The summed E-state index contributed by atoms with van der Waals surface area (Å²) in [6.07, 6.45) is 8.43. The molecule has 1 aliphatic rings. The third-order valence-corrected chi connectivity index (χ3v) is 3.49. The molecule has 0 aromatic carbocycles. The first-order chi connectivity index (χ1) is 7.81.